The predicted molar refractivity (Wildman–Crippen MR) is 144 cm³/mol. The van der Waals surface area contributed by atoms with Gasteiger partial charge in [-0.3, -0.25) is 14.4 Å². The van der Waals surface area contributed by atoms with E-state index in [0.717, 1.165) is 25.1 Å². The van der Waals surface area contributed by atoms with Crippen LogP contribution in [0.5, 0.6) is 0 Å². The van der Waals surface area contributed by atoms with Crippen molar-refractivity contribution in [1.29, 1.82) is 0 Å². The Morgan fingerprint density at radius 2 is 1.92 bits per heavy atom. The molecule has 1 fully saturated rings. The molecule has 1 aromatic heterocycles. The Morgan fingerprint density at radius 3 is 2.61 bits per heavy atom. The number of anilines is 1. The summed E-state index contributed by atoms with van der Waals surface area (Å²) in [6, 6.07) is 7.81. The molecule has 1 aliphatic rings. The molecule has 3 rings (SSSR count). The Morgan fingerprint density at radius 1 is 1.17 bits per heavy atom. The Balaban J connectivity index is 1.42. The highest BCUT2D eigenvalue weighted by Crippen LogP contribution is 2.18. The summed E-state index contributed by atoms with van der Waals surface area (Å²) in [5, 5.41) is 7.94. The molecule has 0 bridgehead atoms. The lowest BCUT2D eigenvalue weighted by Gasteiger charge is -2.33. The van der Waals surface area contributed by atoms with E-state index >= 15 is 0 Å². The fourth-order valence-electron chi connectivity index (χ4n) is 4.34. The minimum Gasteiger partial charge on any atom is -0.356 e. The van der Waals surface area contributed by atoms with Crippen molar-refractivity contribution in [3.05, 3.63) is 46.5 Å². The second-order valence-electron chi connectivity index (χ2n) is 9.85. The van der Waals surface area contributed by atoms with Crippen molar-refractivity contribution in [2.45, 2.75) is 71.9 Å². The van der Waals surface area contributed by atoms with Gasteiger partial charge >= 0.3 is 0 Å². The molecule has 0 saturated carbocycles. The Hall–Kier alpha value is -2.78. The van der Waals surface area contributed by atoms with Crippen LogP contribution in [0.15, 0.2) is 29.6 Å². The van der Waals surface area contributed by atoms with E-state index in [2.05, 4.69) is 27.4 Å². The van der Waals surface area contributed by atoms with Gasteiger partial charge in [0.1, 0.15) is 6.54 Å². The van der Waals surface area contributed by atoms with Crippen LogP contribution in [0, 0.1) is 6.92 Å². The fraction of sp³-hybridized carbons (Fsp3) is 0.556. The van der Waals surface area contributed by atoms with Crippen LogP contribution in [0.1, 0.15) is 68.1 Å². The van der Waals surface area contributed by atoms with E-state index < -0.39 is 0 Å². The van der Waals surface area contributed by atoms with Crippen LogP contribution in [0.25, 0.3) is 0 Å². The molecule has 1 unspecified atom stereocenters. The van der Waals surface area contributed by atoms with Crippen LogP contribution in [0.4, 0.5) is 5.13 Å². The molecule has 2 heterocycles. The van der Waals surface area contributed by atoms with Crippen molar-refractivity contribution < 1.29 is 14.4 Å². The molecule has 196 valence electrons. The molecule has 2 aromatic rings. The molecule has 3 amide bonds. The average Bonchev–Trinajstić information content (AvgIpc) is 3.27. The number of hydrogen-bond donors (Lipinski definition) is 2. The summed E-state index contributed by atoms with van der Waals surface area (Å²) in [6.45, 7) is 10.7. The normalized spacial score (nSPS) is 16.1. The van der Waals surface area contributed by atoms with E-state index in [0.29, 0.717) is 29.0 Å². The first-order valence-corrected chi connectivity index (χ1v) is 13.7. The summed E-state index contributed by atoms with van der Waals surface area (Å²) in [5.74, 6) is -0.576. The number of benzene rings is 1. The molecular formula is C27H39N5O3S. The zero-order chi connectivity index (χ0) is 26.1. The van der Waals surface area contributed by atoms with Gasteiger partial charge in [0.05, 0.1) is 12.1 Å². The minimum absolute atomic E-state index is 0.0699. The van der Waals surface area contributed by atoms with Crippen LogP contribution >= 0.6 is 11.3 Å². The lowest BCUT2D eigenvalue weighted by Crippen LogP contribution is -2.42. The first-order chi connectivity index (χ1) is 17.2. The van der Waals surface area contributed by atoms with Crippen LogP contribution in [0.2, 0.25) is 0 Å². The standard InChI is InChI=1S/C27H39N5O3S/c1-19(2)32(26(35)22-11-9-20(3)10-12-22)17-25(34)30-27-29-23(18-36-27)16-24(33)28-13-7-15-31-14-6-5-8-21(31)4/h9-12,18-19,21H,5-8,13-17H2,1-4H3,(H,28,33)(H,29,30,34). The van der Waals surface area contributed by atoms with E-state index in [-0.39, 0.29) is 36.7 Å². The molecule has 1 saturated heterocycles. The van der Waals surface area contributed by atoms with Crippen molar-refractivity contribution in [3.8, 4) is 0 Å². The number of likely N-dealkylation sites (tertiary alicyclic amines) is 1. The zero-order valence-electron chi connectivity index (χ0n) is 21.9. The van der Waals surface area contributed by atoms with Gasteiger partial charge in [-0.2, -0.15) is 0 Å². The van der Waals surface area contributed by atoms with Crippen LogP contribution < -0.4 is 10.6 Å². The molecule has 1 aliphatic heterocycles. The van der Waals surface area contributed by atoms with E-state index in [9.17, 15) is 14.4 Å². The summed E-state index contributed by atoms with van der Waals surface area (Å²) in [7, 11) is 0. The topological polar surface area (TPSA) is 94.6 Å². The van der Waals surface area contributed by atoms with Crippen LogP contribution in [-0.4, -0.2) is 70.8 Å². The number of aromatic nitrogens is 1. The second-order valence-corrected chi connectivity index (χ2v) is 10.7. The number of carbonyl (C=O) groups excluding carboxylic acids is 3. The fourth-order valence-corrected chi connectivity index (χ4v) is 5.06. The van der Waals surface area contributed by atoms with Gasteiger partial charge in [-0.15, -0.1) is 11.3 Å². The third kappa shape index (κ3) is 8.41. The summed E-state index contributed by atoms with van der Waals surface area (Å²) in [6.07, 6.45) is 4.94. The predicted octanol–water partition coefficient (Wildman–Crippen LogP) is 3.86. The van der Waals surface area contributed by atoms with Crippen LogP contribution in [-0.2, 0) is 16.0 Å². The monoisotopic (exact) mass is 513 g/mol. The maximum atomic E-state index is 12.9. The van der Waals surface area contributed by atoms with E-state index in [1.54, 1.807) is 17.5 Å². The minimum atomic E-state index is -0.318. The molecule has 0 spiro atoms. The molecule has 8 nitrogen and oxygen atoms in total. The summed E-state index contributed by atoms with van der Waals surface area (Å²) < 4.78 is 0. The third-order valence-electron chi connectivity index (χ3n) is 6.52. The largest absolute Gasteiger partial charge is 0.356 e. The van der Waals surface area contributed by atoms with Gasteiger partial charge in [0, 0.05) is 36.1 Å². The summed E-state index contributed by atoms with van der Waals surface area (Å²) in [4.78, 5) is 46.3. The zero-order valence-corrected chi connectivity index (χ0v) is 22.7. The number of hydrogen-bond acceptors (Lipinski definition) is 6. The van der Waals surface area contributed by atoms with Crippen molar-refractivity contribution in [2.75, 3.05) is 31.5 Å². The number of thiazole rings is 1. The number of nitrogens with zero attached hydrogens (tertiary/aromatic N) is 3. The number of nitrogens with one attached hydrogen (secondary N) is 2. The van der Waals surface area contributed by atoms with E-state index in [1.807, 2.05) is 32.9 Å². The van der Waals surface area contributed by atoms with Gasteiger partial charge in [-0.05, 0) is 65.6 Å². The van der Waals surface area contributed by atoms with Gasteiger partial charge in [-0.25, -0.2) is 4.98 Å². The summed E-state index contributed by atoms with van der Waals surface area (Å²) in [5.41, 5.74) is 2.24. The van der Waals surface area contributed by atoms with Gasteiger partial charge in [0.15, 0.2) is 5.13 Å². The highest BCUT2D eigenvalue weighted by Gasteiger charge is 2.22. The summed E-state index contributed by atoms with van der Waals surface area (Å²) >= 11 is 1.28. The molecular weight excluding hydrogens is 474 g/mol. The highest BCUT2D eigenvalue weighted by molar-refractivity contribution is 7.13. The van der Waals surface area contributed by atoms with Gasteiger partial charge in [-0.1, -0.05) is 24.1 Å². The van der Waals surface area contributed by atoms with Crippen molar-refractivity contribution >= 4 is 34.2 Å². The molecule has 0 aliphatic carbocycles. The smallest absolute Gasteiger partial charge is 0.254 e. The van der Waals surface area contributed by atoms with E-state index in [1.165, 1.54) is 35.5 Å². The third-order valence-corrected chi connectivity index (χ3v) is 7.33. The lowest BCUT2D eigenvalue weighted by atomic mass is 10.0. The van der Waals surface area contributed by atoms with Crippen molar-refractivity contribution in [1.82, 2.24) is 20.1 Å². The molecule has 36 heavy (non-hydrogen) atoms. The maximum Gasteiger partial charge on any atom is 0.254 e. The van der Waals surface area contributed by atoms with Crippen molar-refractivity contribution in [2.24, 2.45) is 0 Å². The number of carbonyl (C=O) groups is 3. The van der Waals surface area contributed by atoms with Gasteiger partial charge < -0.3 is 20.4 Å². The molecule has 0 radical (unpaired) electrons. The molecule has 9 heteroatoms. The number of piperidine rings is 1. The number of amides is 3. The maximum absolute atomic E-state index is 12.9. The van der Waals surface area contributed by atoms with Crippen molar-refractivity contribution in [3.63, 3.8) is 0 Å². The molecule has 1 atom stereocenters. The first kappa shape index (κ1) is 27.8. The van der Waals surface area contributed by atoms with Crippen LogP contribution in [0.3, 0.4) is 0 Å². The number of aryl methyl sites for hydroxylation is 1. The van der Waals surface area contributed by atoms with Gasteiger partial charge in [0.2, 0.25) is 11.8 Å². The quantitative estimate of drug-likeness (QED) is 0.445. The number of rotatable bonds is 11. The SMILES string of the molecule is Cc1ccc(C(=O)N(CC(=O)Nc2nc(CC(=O)NCCCN3CCCCC3C)cs2)C(C)C)cc1. The van der Waals surface area contributed by atoms with Gasteiger partial charge in [0.25, 0.3) is 5.91 Å². The first-order valence-electron chi connectivity index (χ1n) is 12.9. The highest BCUT2D eigenvalue weighted by atomic mass is 32.1. The average molecular weight is 514 g/mol. The lowest BCUT2D eigenvalue weighted by molar-refractivity contribution is -0.120. The van der Waals surface area contributed by atoms with E-state index in [4.69, 9.17) is 0 Å². The Bertz CT molecular complexity index is 1020. The Kier molecular flexibility index (Phi) is 10.4. The Labute approximate surface area is 218 Å². The molecule has 2 N–H and O–H groups in total. The second kappa shape index (κ2) is 13.5. The molecule has 1 aromatic carbocycles.